The van der Waals surface area contributed by atoms with Gasteiger partial charge in [-0.15, -0.1) is 0 Å². The van der Waals surface area contributed by atoms with E-state index in [4.69, 9.17) is 5.14 Å². The van der Waals surface area contributed by atoms with Gasteiger partial charge in [0.1, 0.15) is 11.6 Å². The van der Waals surface area contributed by atoms with Crippen LogP contribution in [0.2, 0.25) is 0 Å². The van der Waals surface area contributed by atoms with Crippen molar-refractivity contribution >= 4 is 21.6 Å². The lowest BCUT2D eigenvalue weighted by atomic mass is 10.2. The molecule has 2 aromatic carbocycles. The molecule has 21 heavy (non-hydrogen) atoms. The molecule has 2 aromatic rings. The van der Waals surface area contributed by atoms with Crippen molar-refractivity contribution in [3.8, 4) is 0 Å². The summed E-state index contributed by atoms with van der Waals surface area (Å²) in [4.78, 5) is 11.7. The predicted molar refractivity (Wildman–Crippen MR) is 72.1 cm³/mol. The Labute approximate surface area is 119 Å². The molecule has 5 nitrogen and oxygen atoms in total. The third-order valence-electron chi connectivity index (χ3n) is 2.62. The van der Waals surface area contributed by atoms with Crippen molar-refractivity contribution in [2.45, 2.75) is 4.90 Å². The van der Waals surface area contributed by atoms with Crippen molar-refractivity contribution in [3.63, 3.8) is 0 Å². The molecule has 0 atom stereocenters. The number of rotatable bonds is 3. The fourth-order valence-electron chi connectivity index (χ4n) is 1.60. The first-order valence-corrected chi connectivity index (χ1v) is 7.21. The average molecular weight is 312 g/mol. The monoisotopic (exact) mass is 312 g/mol. The maximum Gasteiger partial charge on any atom is 0.258 e. The van der Waals surface area contributed by atoms with Crippen LogP contribution < -0.4 is 10.5 Å². The summed E-state index contributed by atoms with van der Waals surface area (Å²) >= 11 is 0. The van der Waals surface area contributed by atoms with Crippen LogP contribution in [0.25, 0.3) is 0 Å². The van der Waals surface area contributed by atoms with Crippen molar-refractivity contribution < 1.29 is 22.0 Å². The second-order valence-corrected chi connectivity index (χ2v) is 5.71. The van der Waals surface area contributed by atoms with Gasteiger partial charge in [0, 0.05) is 11.8 Å². The highest BCUT2D eigenvalue weighted by molar-refractivity contribution is 7.89. The van der Waals surface area contributed by atoms with Crippen molar-refractivity contribution in [1.29, 1.82) is 0 Å². The SMILES string of the molecule is NS(=O)(=O)c1ccc(NC(=O)c2ccc(F)cc2F)cc1. The Hall–Kier alpha value is -2.32. The van der Waals surface area contributed by atoms with E-state index in [1.165, 1.54) is 24.3 Å². The van der Waals surface area contributed by atoms with E-state index in [0.717, 1.165) is 12.1 Å². The molecule has 0 radical (unpaired) electrons. The van der Waals surface area contributed by atoms with Gasteiger partial charge in [-0.05, 0) is 36.4 Å². The molecule has 0 fully saturated rings. The molecule has 0 heterocycles. The van der Waals surface area contributed by atoms with Crippen LogP contribution in [0.5, 0.6) is 0 Å². The third-order valence-corrected chi connectivity index (χ3v) is 3.55. The van der Waals surface area contributed by atoms with Crippen molar-refractivity contribution in [3.05, 3.63) is 59.7 Å². The summed E-state index contributed by atoms with van der Waals surface area (Å²) in [5.74, 6) is -2.56. The smallest absolute Gasteiger partial charge is 0.258 e. The summed E-state index contributed by atoms with van der Waals surface area (Å²) in [6, 6.07) is 7.58. The van der Waals surface area contributed by atoms with E-state index in [1.807, 2.05) is 0 Å². The molecular formula is C13H10F2N2O3S. The van der Waals surface area contributed by atoms with Crippen molar-refractivity contribution in [2.24, 2.45) is 5.14 Å². The van der Waals surface area contributed by atoms with E-state index >= 15 is 0 Å². The number of halogens is 2. The zero-order valence-electron chi connectivity index (χ0n) is 10.5. The number of hydrogen-bond donors (Lipinski definition) is 2. The molecule has 0 aliphatic carbocycles. The number of anilines is 1. The van der Waals surface area contributed by atoms with Crippen LogP contribution in [-0.2, 0) is 10.0 Å². The molecular weight excluding hydrogens is 302 g/mol. The van der Waals surface area contributed by atoms with Crippen LogP contribution in [-0.4, -0.2) is 14.3 Å². The Morgan fingerprint density at radius 2 is 1.67 bits per heavy atom. The molecule has 0 saturated heterocycles. The number of nitrogens with two attached hydrogens (primary N) is 1. The topological polar surface area (TPSA) is 89.3 Å². The lowest BCUT2D eigenvalue weighted by molar-refractivity contribution is 0.102. The summed E-state index contributed by atoms with van der Waals surface area (Å²) in [5.41, 5.74) is -0.0805. The quantitative estimate of drug-likeness (QED) is 0.906. The highest BCUT2D eigenvalue weighted by atomic mass is 32.2. The lowest BCUT2D eigenvalue weighted by Gasteiger charge is -2.07. The van der Waals surface area contributed by atoms with E-state index in [0.29, 0.717) is 6.07 Å². The molecule has 0 spiro atoms. The molecule has 1 amide bonds. The minimum absolute atomic E-state index is 0.117. The summed E-state index contributed by atoms with van der Waals surface area (Å²) in [7, 11) is -3.83. The minimum Gasteiger partial charge on any atom is -0.322 e. The Kier molecular flexibility index (Phi) is 4.01. The fourth-order valence-corrected chi connectivity index (χ4v) is 2.12. The van der Waals surface area contributed by atoms with E-state index < -0.39 is 27.6 Å². The number of nitrogens with one attached hydrogen (secondary N) is 1. The Bertz CT molecular complexity index is 790. The van der Waals surface area contributed by atoms with Gasteiger partial charge in [-0.1, -0.05) is 0 Å². The summed E-state index contributed by atoms with van der Waals surface area (Å²) in [5, 5.41) is 7.29. The molecule has 0 aliphatic rings. The van der Waals surface area contributed by atoms with Crippen LogP contribution in [0.1, 0.15) is 10.4 Å². The minimum atomic E-state index is -3.83. The second kappa shape index (κ2) is 5.58. The second-order valence-electron chi connectivity index (χ2n) is 4.15. The van der Waals surface area contributed by atoms with Crippen molar-refractivity contribution in [1.82, 2.24) is 0 Å². The number of amides is 1. The van der Waals surface area contributed by atoms with Crippen LogP contribution in [0.3, 0.4) is 0 Å². The Morgan fingerprint density at radius 3 is 2.19 bits per heavy atom. The lowest BCUT2D eigenvalue weighted by Crippen LogP contribution is -2.15. The molecule has 0 unspecified atom stereocenters. The van der Waals surface area contributed by atoms with Crippen LogP contribution in [0.4, 0.5) is 14.5 Å². The van der Waals surface area contributed by atoms with Crippen LogP contribution >= 0.6 is 0 Å². The van der Waals surface area contributed by atoms with Crippen molar-refractivity contribution in [2.75, 3.05) is 5.32 Å². The van der Waals surface area contributed by atoms with E-state index in [1.54, 1.807) is 0 Å². The maximum absolute atomic E-state index is 13.4. The first-order chi connectivity index (χ1) is 9.77. The molecule has 2 rings (SSSR count). The first kappa shape index (κ1) is 15.1. The first-order valence-electron chi connectivity index (χ1n) is 5.66. The van der Waals surface area contributed by atoms with Gasteiger partial charge in [0.05, 0.1) is 10.5 Å². The summed E-state index contributed by atoms with van der Waals surface area (Å²) in [6.07, 6.45) is 0. The largest absolute Gasteiger partial charge is 0.322 e. The van der Waals surface area contributed by atoms with Crippen LogP contribution in [0.15, 0.2) is 47.4 Å². The van der Waals surface area contributed by atoms with Gasteiger partial charge in [-0.3, -0.25) is 4.79 Å². The summed E-state index contributed by atoms with van der Waals surface area (Å²) < 4.78 is 48.3. The number of carbonyl (C=O) groups excluding carboxylic acids is 1. The van der Waals surface area contributed by atoms with E-state index in [9.17, 15) is 22.0 Å². The normalized spacial score (nSPS) is 11.2. The Balaban J connectivity index is 2.20. The number of carbonyl (C=O) groups is 1. The number of hydrogen-bond acceptors (Lipinski definition) is 3. The van der Waals surface area contributed by atoms with Gasteiger partial charge in [-0.2, -0.15) is 0 Å². The third kappa shape index (κ3) is 3.61. The van der Waals surface area contributed by atoms with Gasteiger partial charge in [0.15, 0.2) is 0 Å². The van der Waals surface area contributed by atoms with Gasteiger partial charge in [0.25, 0.3) is 5.91 Å². The highest BCUT2D eigenvalue weighted by Gasteiger charge is 2.13. The average Bonchev–Trinajstić information content (AvgIpc) is 2.38. The fraction of sp³-hybridized carbons (Fsp3) is 0. The number of benzene rings is 2. The van der Waals surface area contributed by atoms with E-state index in [2.05, 4.69) is 5.32 Å². The highest BCUT2D eigenvalue weighted by Crippen LogP contribution is 2.15. The van der Waals surface area contributed by atoms with Gasteiger partial charge < -0.3 is 5.32 Å². The standard InChI is InChI=1S/C13H10F2N2O3S/c14-8-1-6-11(12(15)7-8)13(18)17-9-2-4-10(5-3-9)21(16,19)20/h1-7H,(H,17,18)(H2,16,19,20). The number of primary sulfonamides is 1. The van der Waals surface area contributed by atoms with Gasteiger partial charge in [0.2, 0.25) is 10.0 Å². The Morgan fingerprint density at radius 1 is 1.05 bits per heavy atom. The zero-order valence-corrected chi connectivity index (χ0v) is 11.3. The zero-order chi connectivity index (χ0) is 15.6. The summed E-state index contributed by atoms with van der Waals surface area (Å²) in [6.45, 7) is 0. The number of sulfonamides is 1. The molecule has 0 aliphatic heterocycles. The van der Waals surface area contributed by atoms with Gasteiger partial charge in [-0.25, -0.2) is 22.3 Å². The van der Waals surface area contributed by atoms with Gasteiger partial charge >= 0.3 is 0 Å². The molecule has 0 saturated carbocycles. The molecule has 0 aromatic heterocycles. The molecule has 0 bridgehead atoms. The van der Waals surface area contributed by atoms with Crippen LogP contribution in [0, 0.1) is 11.6 Å². The predicted octanol–water partition coefficient (Wildman–Crippen LogP) is 1.86. The maximum atomic E-state index is 13.4. The molecule has 3 N–H and O–H groups in total. The molecule has 110 valence electrons. The van der Waals surface area contributed by atoms with E-state index in [-0.39, 0.29) is 16.1 Å². The molecule has 8 heteroatoms.